The van der Waals surface area contributed by atoms with Gasteiger partial charge in [0.15, 0.2) is 0 Å². The number of H-pyrrole nitrogens is 1. The van der Waals surface area contributed by atoms with Crippen LogP contribution in [0.1, 0.15) is 29.9 Å². The molecule has 0 amide bonds. The Labute approximate surface area is 114 Å². The summed E-state index contributed by atoms with van der Waals surface area (Å²) < 4.78 is 5.44. The number of hydrogen-bond acceptors (Lipinski definition) is 5. The maximum Gasteiger partial charge on any atom is 0.243 e. The van der Waals surface area contributed by atoms with Crippen molar-refractivity contribution in [2.24, 2.45) is 5.73 Å². The largest absolute Gasteiger partial charge is 0.420 e. The Bertz CT molecular complexity index is 678. The van der Waals surface area contributed by atoms with Crippen molar-refractivity contribution in [1.29, 1.82) is 5.26 Å². The van der Waals surface area contributed by atoms with Gasteiger partial charge in [-0.25, -0.2) is 0 Å². The van der Waals surface area contributed by atoms with Gasteiger partial charge in [-0.15, -0.1) is 0 Å². The topological polar surface area (TPSA) is 87.7 Å². The van der Waals surface area contributed by atoms with E-state index < -0.39 is 0 Å². The lowest BCUT2D eigenvalue weighted by atomic mass is 9.90. The number of aryl methyl sites for hydroxylation is 1. The quantitative estimate of drug-likeness (QED) is 0.877. The van der Waals surface area contributed by atoms with E-state index >= 15 is 0 Å². The van der Waals surface area contributed by atoms with Crippen molar-refractivity contribution < 1.29 is 4.74 Å². The third kappa shape index (κ3) is 1.79. The molecule has 2 aromatic rings. The molecule has 0 bridgehead atoms. The molecule has 2 aromatic heterocycles. The number of nitrogens with one attached hydrogen (secondary N) is 1. The molecule has 3 heterocycles. The minimum atomic E-state index is -0.215. The van der Waals surface area contributed by atoms with E-state index in [9.17, 15) is 5.26 Å². The fourth-order valence-electron chi connectivity index (χ4n) is 2.20. The number of aromatic nitrogens is 2. The molecule has 1 atom stereocenters. The summed E-state index contributed by atoms with van der Waals surface area (Å²) >= 11 is 1.59. The summed E-state index contributed by atoms with van der Waals surface area (Å²) in [6.07, 6.45) is 0.772. The van der Waals surface area contributed by atoms with Gasteiger partial charge in [0.1, 0.15) is 17.5 Å². The van der Waals surface area contributed by atoms with E-state index in [0.29, 0.717) is 11.5 Å². The highest BCUT2D eigenvalue weighted by molar-refractivity contribution is 7.08. The van der Waals surface area contributed by atoms with Crippen molar-refractivity contribution in [3.05, 3.63) is 45.4 Å². The van der Waals surface area contributed by atoms with Crippen LogP contribution in [0, 0.1) is 11.3 Å². The molecule has 1 aliphatic rings. The van der Waals surface area contributed by atoms with Crippen LogP contribution in [0.3, 0.4) is 0 Å². The zero-order chi connectivity index (χ0) is 13.4. The molecule has 6 heteroatoms. The summed E-state index contributed by atoms with van der Waals surface area (Å²) in [6.45, 7) is 2.01. The molecule has 5 nitrogen and oxygen atoms in total. The third-order valence-corrected chi connectivity index (χ3v) is 3.83. The molecule has 19 heavy (non-hydrogen) atoms. The average Bonchev–Trinajstić information content (AvgIpc) is 3.05. The van der Waals surface area contributed by atoms with Crippen molar-refractivity contribution in [3.63, 3.8) is 0 Å². The first-order chi connectivity index (χ1) is 9.24. The number of imidazole rings is 1. The second kappa shape index (κ2) is 4.44. The Morgan fingerprint density at radius 2 is 2.47 bits per heavy atom. The highest BCUT2D eigenvalue weighted by Gasteiger charge is 2.33. The van der Waals surface area contributed by atoms with Crippen molar-refractivity contribution in [2.45, 2.75) is 19.3 Å². The Morgan fingerprint density at radius 3 is 3.11 bits per heavy atom. The molecular weight excluding hydrogens is 260 g/mol. The summed E-state index contributed by atoms with van der Waals surface area (Å²) in [5.74, 6) is 1.23. The van der Waals surface area contributed by atoms with Gasteiger partial charge in [0.05, 0.1) is 11.6 Å². The first-order valence-corrected chi connectivity index (χ1v) is 6.87. The third-order valence-electron chi connectivity index (χ3n) is 3.13. The van der Waals surface area contributed by atoms with Crippen LogP contribution in [0.2, 0.25) is 0 Å². The molecule has 3 N–H and O–H groups in total. The van der Waals surface area contributed by atoms with Crippen molar-refractivity contribution in [2.75, 3.05) is 0 Å². The number of aromatic amines is 1. The maximum absolute atomic E-state index is 9.32. The van der Waals surface area contributed by atoms with Crippen LogP contribution in [-0.2, 0) is 6.42 Å². The van der Waals surface area contributed by atoms with Gasteiger partial charge in [-0.3, -0.25) is 0 Å². The maximum atomic E-state index is 9.32. The van der Waals surface area contributed by atoms with E-state index in [2.05, 4.69) is 16.0 Å². The average molecular weight is 272 g/mol. The van der Waals surface area contributed by atoms with Gasteiger partial charge in [0.25, 0.3) is 0 Å². The number of nitriles is 1. The van der Waals surface area contributed by atoms with Gasteiger partial charge >= 0.3 is 0 Å². The van der Waals surface area contributed by atoms with Crippen LogP contribution in [0.15, 0.2) is 28.3 Å². The van der Waals surface area contributed by atoms with Crippen molar-refractivity contribution in [1.82, 2.24) is 9.97 Å². The molecule has 3 rings (SSSR count). The summed E-state index contributed by atoms with van der Waals surface area (Å²) in [5.41, 5.74) is 8.10. The van der Waals surface area contributed by atoms with Gasteiger partial charge in [-0.05, 0) is 22.4 Å². The van der Waals surface area contributed by atoms with Crippen molar-refractivity contribution in [3.8, 4) is 11.9 Å². The summed E-state index contributed by atoms with van der Waals surface area (Å²) in [6, 6.07) is 4.13. The number of fused-ring (bicyclic) bond motifs is 1. The first-order valence-electron chi connectivity index (χ1n) is 5.93. The second-order valence-electron chi connectivity index (χ2n) is 4.24. The van der Waals surface area contributed by atoms with E-state index in [-0.39, 0.29) is 11.8 Å². The lowest BCUT2D eigenvalue weighted by Crippen LogP contribution is -2.20. The van der Waals surface area contributed by atoms with Crippen LogP contribution in [0.4, 0.5) is 0 Å². The number of allylic oxidation sites excluding steroid dienone is 1. The molecule has 96 valence electrons. The number of thiophene rings is 1. The molecule has 0 saturated carbocycles. The van der Waals surface area contributed by atoms with E-state index in [4.69, 9.17) is 10.5 Å². The number of nitrogens with zero attached hydrogens (tertiary/aromatic N) is 2. The molecule has 0 fully saturated rings. The van der Waals surface area contributed by atoms with Crippen LogP contribution in [0.5, 0.6) is 5.88 Å². The molecule has 1 aliphatic heterocycles. The van der Waals surface area contributed by atoms with Gasteiger partial charge in [0.2, 0.25) is 11.8 Å². The molecule has 0 aliphatic carbocycles. The van der Waals surface area contributed by atoms with Crippen LogP contribution >= 0.6 is 11.3 Å². The highest BCUT2D eigenvalue weighted by atomic mass is 32.1. The second-order valence-corrected chi connectivity index (χ2v) is 5.02. The number of hydrogen-bond donors (Lipinski definition) is 2. The molecule has 0 radical (unpaired) electrons. The predicted octanol–water partition coefficient (Wildman–Crippen LogP) is 2.25. The van der Waals surface area contributed by atoms with Gasteiger partial charge in [-0.2, -0.15) is 21.6 Å². The van der Waals surface area contributed by atoms with E-state index in [1.165, 1.54) is 0 Å². The molecule has 1 unspecified atom stereocenters. The minimum absolute atomic E-state index is 0.139. The zero-order valence-electron chi connectivity index (χ0n) is 10.3. The van der Waals surface area contributed by atoms with E-state index in [1.54, 1.807) is 11.3 Å². The Hall–Kier alpha value is -2.26. The molecule has 0 aromatic carbocycles. The lowest BCUT2D eigenvalue weighted by molar-refractivity contribution is 0.379. The normalized spacial score (nSPS) is 17.8. The Kier molecular flexibility index (Phi) is 2.76. The number of ether oxygens (including phenoxy) is 1. The van der Waals surface area contributed by atoms with Crippen LogP contribution < -0.4 is 10.5 Å². The monoisotopic (exact) mass is 272 g/mol. The summed E-state index contributed by atoms with van der Waals surface area (Å²) in [4.78, 5) is 7.58. The highest BCUT2D eigenvalue weighted by Crippen LogP contribution is 2.41. The molecular formula is C13H12N4OS. The molecule has 0 spiro atoms. The van der Waals surface area contributed by atoms with E-state index in [1.807, 2.05) is 23.8 Å². The van der Waals surface area contributed by atoms with Crippen LogP contribution in [-0.4, -0.2) is 9.97 Å². The zero-order valence-corrected chi connectivity index (χ0v) is 11.1. The predicted molar refractivity (Wildman–Crippen MR) is 71.6 cm³/mol. The lowest BCUT2D eigenvalue weighted by Gasteiger charge is -2.21. The summed E-state index contributed by atoms with van der Waals surface area (Å²) in [5, 5.41) is 13.3. The van der Waals surface area contributed by atoms with Gasteiger partial charge in [-0.1, -0.05) is 6.92 Å². The summed E-state index contributed by atoms with van der Waals surface area (Å²) in [7, 11) is 0. The Balaban J connectivity index is 2.18. The smallest absolute Gasteiger partial charge is 0.243 e. The minimum Gasteiger partial charge on any atom is -0.420 e. The fourth-order valence-corrected chi connectivity index (χ4v) is 2.88. The first kappa shape index (κ1) is 11.8. The van der Waals surface area contributed by atoms with Crippen molar-refractivity contribution >= 4 is 11.3 Å². The van der Waals surface area contributed by atoms with Gasteiger partial charge < -0.3 is 15.5 Å². The SMILES string of the molecule is CCc1nc2c([nH]1)C(c1ccsc1)C(C#N)=C(N)O2. The van der Waals surface area contributed by atoms with Crippen LogP contribution in [0.25, 0.3) is 0 Å². The number of rotatable bonds is 2. The van der Waals surface area contributed by atoms with E-state index in [0.717, 1.165) is 23.5 Å². The standard InChI is InChI=1S/C13H12N4OS/c1-2-9-16-11-10(7-3-4-19-6-7)8(5-14)12(15)18-13(11)17-9/h3-4,6,10H,2,15H2,1H3,(H,16,17). The number of nitrogens with two attached hydrogens (primary N) is 1. The fraction of sp³-hybridized carbons (Fsp3) is 0.231. The molecule has 0 saturated heterocycles. The Morgan fingerprint density at radius 1 is 1.63 bits per heavy atom. The van der Waals surface area contributed by atoms with Gasteiger partial charge in [0, 0.05) is 6.42 Å².